The Labute approximate surface area is 91.2 Å². The van der Waals surface area contributed by atoms with E-state index < -0.39 is 11.9 Å². The Kier molecular flexibility index (Phi) is 4.30. The maximum atomic E-state index is 10.4. The van der Waals surface area contributed by atoms with E-state index in [1.807, 2.05) is 6.07 Å². The third-order valence-corrected chi connectivity index (χ3v) is 3.00. The first kappa shape index (κ1) is 11.7. The van der Waals surface area contributed by atoms with E-state index in [4.69, 9.17) is 10.2 Å². The summed E-state index contributed by atoms with van der Waals surface area (Å²) in [5, 5.41) is 17.0. The molecule has 1 rings (SSSR count). The molecule has 0 unspecified atom stereocenters. The van der Waals surface area contributed by atoms with Crippen LogP contribution in [0.1, 0.15) is 22.6 Å². The average molecular weight is 228 g/mol. The molecule has 0 aliphatic carbocycles. The Morgan fingerprint density at radius 2 is 1.80 bits per heavy atom. The van der Waals surface area contributed by atoms with E-state index in [-0.39, 0.29) is 12.8 Å². The Morgan fingerprint density at radius 3 is 2.40 bits per heavy atom. The van der Waals surface area contributed by atoms with Crippen LogP contribution in [0.2, 0.25) is 0 Å². The molecule has 1 aromatic heterocycles. The van der Waals surface area contributed by atoms with E-state index in [1.54, 1.807) is 6.07 Å². The predicted molar refractivity (Wildman–Crippen MR) is 56.2 cm³/mol. The molecule has 0 aliphatic heterocycles. The number of aliphatic carboxylic acids is 2. The van der Waals surface area contributed by atoms with E-state index in [0.29, 0.717) is 12.8 Å². The summed E-state index contributed by atoms with van der Waals surface area (Å²) < 4.78 is 0. The lowest BCUT2D eigenvalue weighted by Crippen LogP contribution is -1.97. The Bertz CT molecular complexity index is 356. The van der Waals surface area contributed by atoms with E-state index in [0.717, 1.165) is 9.75 Å². The molecule has 0 radical (unpaired) electrons. The minimum Gasteiger partial charge on any atom is -0.481 e. The van der Waals surface area contributed by atoms with Crippen molar-refractivity contribution in [2.45, 2.75) is 25.7 Å². The van der Waals surface area contributed by atoms with Gasteiger partial charge in [0, 0.05) is 16.2 Å². The SMILES string of the molecule is O=C(O)CCCc1ccc(CC(=O)O)s1. The van der Waals surface area contributed by atoms with Crippen LogP contribution in [0.5, 0.6) is 0 Å². The summed E-state index contributed by atoms with van der Waals surface area (Å²) in [5.41, 5.74) is 0. The van der Waals surface area contributed by atoms with Crippen molar-refractivity contribution in [2.24, 2.45) is 0 Å². The second kappa shape index (κ2) is 5.50. The monoisotopic (exact) mass is 228 g/mol. The van der Waals surface area contributed by atoms with Crippen LogP contribution in [0, 0.1) is 0 Å². The van der Waals surface area contributed by atoms with Crippen molar-refractivity contribution in [3.8, 4) is 0 Å². The number of aryl methyl sites for hydroxylation is 1. The number of hydrogen-bond acceptors (Lipinski definition) is 3. The molecule has 0 atom stereocenters. The van der Waals surface area contributed by atoms with Crippen molar-refractivity contribution in [1.29, 1.82) is 0 Å². The van der Waals surface area contributed by atoms with E-state index in [2.05, 4.69) is 0 Å². The van der Waals surface area contributed by atoms with Crippen LogP contribution in [-0.4, -0.2) is 22.2 Å². The van der Waals surface area contributed by atoms with Crippen LogP contribution in [0.4, 0.5) is 0 Å². The maximum Gasteiger partial charge on any atom is 0.308 e. The molecule has 4 nitrogen and oxygen atoms in total. The molecule has 1 heterocycles. The van der Waals surface area contributed by atoms with Gasteiger partial charge in [-0.15, -0.1) is 11.3 Å². The highest BCUT2D eigenvalue weighted by atomic mass is 32.1. The molecule has 0 saturated heterocycles. The van der Waals surface area contributed by atoms with Crippen molar-refractivity contribution in [3.63, 3.8) is 0 Å². The molecule has 0 spiro atoms. The van der Waals surface area contributed by atoms with Crippen LogP contribution in [-0.2, 0) is 22.4 Å². The molecule has 1 aromatic rings. The van der Waals surface area contributed by atoms with Crippen LogP contribution in [0.3, 0.4) is 0 Å². The minimum absolute atomic E-state index is 0.0452. The van der Waals surface area contributed by atoms with Crippen LogP contribution in [0.25, 0.3) is 0 Å². The Morgan fingerprint density at radius 1 is 1.13 bits per heavy atom. The molecule has 5 heteroatoms. The first-order chi connectivity index (χ1) is 7.08. The first-order valence-electron chi connectivity index (χ1n) is 4.59. The van der Waals surface area contributed by atoms with Gasteiger partial charge in [-0.25, -0.2) is 0 Å². The highest BCUT2D eigenvalue weighted by Gasteiger charge is 2.05. The largest absolute Gasteiger partial charge is 0.481 e. The van der Waals surface area contributed by atoms with Crippen molar-refractivity contribution in [1.82, 2.24) is 0 Å². The summed E-state index contributed by atoms with van der Waals surface area (Å²) in [7, 11) is 0. The number of thiophene rings is 1. The van der Waals surface area contributed by atoms with Crippen molar-refractivity contribution >= 4 is 23.3 Å². The number of carbonyl (C=O) groups is 2. The minimum atomic E-state index is -0.839. The van der Waals surface area contributed by atoms with Gasteiger partial charge < -0.3 is 10.2 Å². The van der Waals surface area contributed by atoms with Crippen molar-refractivity contribution < 1.29 is 19.8 Å². The smallest absolute Gasteiger partial charge is 0.308 e. The third-order valence-electron chi connectivity index (χ3n) is 1.86. The van der Waals surface area contributed by atoms with Gasteiger partial charge in [0.2, 0.25) is 0 Å². The van der Waals surface area contributed by atoms with Crippen LogP contribution < -0.4 is 0 Å². The van der Waals surface area contributed by atoms with Crippen molar-refractivity contribution in [2.75, 3.05) is 0 Å². The van der Waals surface area contributed by atoms with Crippen LogP contribution >= 0.6 is 11.3 Å². The molecular weight excluding hydrogens is 216 g/mol. The molecule has 0 bridgehead atoms. The maximum absolute atomic E-state index is 10.4. The van der Waals surface area contributed by atoms with Crippen molar-refractivity contribution in [3.05, 3.63) is 21.9 Å². The van der Waals surface area contributed by atoms with Crippen LogP contribution in [0.15, 0.2) is 12.1 Å². The first-order valence-corrected chi connectivity index (χ1v) is 5.41. The predicted octanol–water partition coefficient (Wildman–Crippen LogP) is 1.78. The molecule has 0 fully saturated rings. The second-order valence-corrected chi connectivity index (χ2v) is 4.44. The molecule has 82 valence electrons. The average Bonchev–Trinajstić information content (AvgIpc) is 2.50. The summed E-state index contributed by atoms with van der Waals surface area (Å²) in [6.45, 7) is 0. The Hall–Kier alpha value is -1.36. The summed E-state index contributed by atoms with van der Waals surface area (Å²) >= 11 is 1.44. The lowest BCUT2D eigenvalue weighted by Gasteiger charge is -1.93. The van der Waals surface area contributed by atoms with Gasteiger partial charge in [-0.1, -0.05) is 0 Å². The van der Waals surface area contributed by atoms with E-state index in [1.165, 1.54) is 11.3 Å². The van der Waals surface area contributed by atoms with Gasteiger partial charge in [-0.3, -0.25) is 9.59 Å². The lowest BCUT2D eigenvalue weighted by molar-refractivity contribution is -0.137. The summed E-state index contributed by atoms with van der Waals surface area (Å²) in [6, 6.07) is 3.65. The van der Waals surface area contributed by atoms with Gasteiger partial charge in [0.05, 0.1) is 6.42 Å². The van der Waals surface area contributed by atoms with Gasteiger partial charge in [-0.05, 0) is 25.0 Å². The number of hydrogen-bond donors (Lipinski definition) is 2. The lowest BCUT2D eigenvalue weighted by atomic mass is 10.2. The number of rotatable bonds is 6. The number of carboxylic acids is 2. The summed E-state index contributed by atoms with van der Waals surface area (Å²) in [6.07, 6.45) is 1.51. The molecule has 0 amide bonds. The summed E-state index contributed by atoms with van der Waals surface area (Å²) in [5.74, 6) is -1.63. The van der Waals surface area contributed by atoms with Gasteiger partial charge in [0.15, 0.2) is 0 Å². The second-order valence-electron chi connectivity index (χ2n) is 3.19. The normalized spacial score (nSPS) is 10.1. The third kappa shape index (κ3) is 4.60. The van der Waals surface area contributed by atoms with E-state index >= 15 is 0 Å². The van der Waals surface area contributed by atoms with Gasteiger partial charge >= 0.3 is 11.9 Å². The topological polar surface area (TPSA) is 74.6 Å². The molecule has 0 aromatic carbocycles. The summed E-state index contributed by atoms with van der Waals surface area (Å²) in [4.78, 5) is 22.5. The van der Waals surface area contributed by atoms with Gasteiger partial charge in [0.25, 0.3) is 0 Å². The quantitative estimate of drug-likeness (QED) is 0.778. The highest BCUT2D eigenvalue weighted by Crippen LogP contribution is 2.19. The van der Waals surface area contributed by atoms with E-state index in [9.17, 15) is 9.59 Å². The van der Waals surface area contributed by atoms with Gasteiger partial charge in [0.1, 0.15) is 0 Å². The molecular formula is C10H12O4S. The Balaban J connectivity index is 2.39. The highest BCUT2D eigenvalue weighted by molar-refractivity contribution is 7.12. The zero-order valence-corrected chi connectivity index (χ0v) is 8.92. The molecule has 2 N–H and O–H groups in total. The zero-order valence-electron chi connectivity index (χ0n) is 8.10. The molecule has 0 saturated carbocycles. The fraction of sp³-hybridized carbons (Fsp3) is 0.400. The molecule has 0 aliphatic rings. The number of carboxylic acid groups (broad SMARTS) is 2. The zero-order chi connectivity index (χ0) is 11.3. The molecule has 15 heavy (non-hydrogen) atoms. The fourth-order valence-corrected chi connectivity index (χ4v) is 2.27. The fourth-order valence-electron chi connectivity index (χ4n) is 1.21. The standard InChI is InChI=1S/C10H12O4S/c11-9(12)3-1-2-7-4-5-8(15-7)6-10(13)14/h4-5H,1-3,6H2,(H,11,12)(H,13,14). The van der Waals surface area contributed by atoms with Gasteiger partial charge in [-0.2, -0.15) is 0 Å².